The Balaban J connectivity index is 1.72. The number of allylic oxidation sites excluding steroid dienone is 2. The van der Waals surface area contributed by atoms with Crippen LogP contribution in [0.4, 0.5) is 0 Å². The van der Waals surface area contributed by atoms with Crippen LogP contribution in [0.3, 0.4) is 0 Å². The van der Waals surface area contributed by atoms with Crippen molar-refractivity contribution in [3.05, 3.63) is 149 Å². The summed E-state index contributed by atoms with van der Waals surface area (Å²) < 4.78 is 29.8. The van der Waals surface area contributed by atoms with Gasteiger partial charge in [-0.25, -0.2) is 8.42 Å². The molecule has 4 aromatic rings. The van der Waals surface area contributed by atoms with Gasteiger partial charge in [0.05, 0.1) is 10.3 Å². The Morgan fingerprint density at radius 1 is 0.750 bits per heavy atom. The summed E-state index contributed by atoms with van der Waals surface area (Å²) in [6.07, 6.45) is 3.47. The number of hydrogen-bond donors (Lipinski definition) is 0. The van der Waals surface area contributed by atoms with Crippen LogP contribution in [0.2, 0.25) is 0 Å². The molecule has 1 heterocycles. The molecule has 0 radical (unpaired) electrons. The second kappa shape index (κ2) is 9.79. The van der Waals surface area contributed by atoms with Gasteiger partial charge in [0.1, 0.15) is 0 Å². The van der Waals surface area contributed by atoms with Crippen LogP contribution in [0.1, 0.15) is 34.2 Å². The third-order valence-electron chi connectivity index (χ3n) is 7.31. The van der Waals surface area contributed by atoms with Gasteiger partial charge in [-0.2, -0.15) is 0 Å². The van der Waals surface area contributed by atoms with Gasteiger partial charge in [-0.15, -0.1) is 0 Å². The lowest BCUT2D eigenvalue weighted by Gasteiger charge is -2.34. The minimum atomic E-state index is -3.74. The Morgan fingerprint density at radius 2 is 1.31 bits per heavy atom. The third-order valence-corrected chi connectivity index (χ3v) is 9.14. The lowest BCUT2D eigenvalue weighted by atomic mass is 9.71. The monoisotopic (exact) mass is 493 g/mol. The van der Waals surface area contributed by atoms with Crippen molar-refractivity contribution in [1.29, 1.82) is 0 Å². The van der Waals surface area contributed by atoms with E-state index in [0.717, 1.165) is 22.4 Å². The summed E-state index contributed by atoms with van der Waals surface area (Å²) in [6, 6.07) is 36.1. The fourth-order valence-electron chi connectivity index (χ4n) is 5.34. The zero-order valence-electron chi connectivity index (χ0n) is 20.8. The number of hydrogen-bond acceptors (Lipinski definition) is 2. The highest BCUT2D eigenvalue weighted by atomic mass is 32.2. The van der Waals surface area contributed by atoms with Gasteiger partial charge in [0.25, 0.3) is 10.0 Å². The molecule has 0 atom stereocenters. The molecule has 0 N–H and O–H groups in total. The van der Waals surface area contributed by atoms with Crippen molar-refractivity contribution >= 4 is 10.0 Å². The van der Waals surface area contributed by atoms with E-state index in [9.17, 15) is 8.42 Å². The molecular formula is C32H31NO2S. The minimum absolute atomic E-state index is 0.326. The lowest BCUT2D eigenvalue weighted by Crippen LogP contribution is -2.33. The smallest absolute Gasteiger partial charge is 0.264 e. The highest BCUT2D eigenvalue weighted by Crippen LogP contribution is 2.50. The van der Waals surface area contributed by atoms with Crippen molar-refractivity contribution in [2.45, 2.75) is 37.0 Å². The van der Waals surface area contributed by atoms with E-state index in [-0.39, 0.29) is 0 Å². The van der Waals surface area contributed by atoms with E-state index in [1.54, 1.807) is 16.4 Å². The molecule has 1 fully saturated rings. The van der Waals surface area contributed by atoms with Gasteiger partial charge in [-0.05, 0) is 61.1 Å². The van der Waals surface area contributed by atoms with E-state index >= 15 is 0 Å². The van der Waals surface area contributed by atoms with E-state index in [1.165, 1.54) is 11.1 Å². The van der Waals surface area contributed by atoms with Crippen LogP contribution in [-0.4, -0.2) is 19.3 Å². The average Bonchev–Trinajstić information content (AvgIpc) is 3.31. The quantitative estimate of drug-likeness (QED) is 0.296. The molecule has 0 spiro atoms. The number of sulfonamides is 1. The molecule has 4 aromatic carbocycles. The number of benzene rings is 4. The molecule has 0 unspecified atom stereocenters. The second-order valence-corrected chi connectivity index (χ2v) is 11.4. The molecule has 0 bridgehead atoms. The lowest BCUT2D eigenvalue weighted by molar-refractivity contribution is 0.506. The first-order valence-corrected chi connectivity index (χ1v) is 13.8. The van der Waals surface area contributed by atoms with Crippen LogP contribution in [0.15, 0.2) is 126 Å². The number of rotatable bonds is 6. The summed E-state index contributed by atoms with van der Waals surface area (Å²) in [6.45, 7) is 4.49. The number of aryl methyl sites for hydroxylation is 2. The summed E-state index contributed by atoms with van der Waals surface area (Å²) >= 11 is 0. The van der Waals surface area contributed by atoms with Crippen molar-refractivity contribution in [2.24, 2.45) is 0 Å². The summed E-state index contributed by atoms with van der Waals surface area (Å²) in [5.74, 6) is 0. The SMILES string of the molecule is Cc1ccc(S(=O)(=O)N2CCC(c3ccccc3)(c3ccccc3)/C2=C\Cc2ccccc2C)cc1. The predicted octanol–water partition coefficient (Wildman–Crippen LogP) is 6.81. The summed E-state index contributed by atoms with van der Waals surface area (Å²) in [5, 5.41) is 0. The Kier molecular flexibility index (Phi) is 6.55. The fourth-order valence-corrected chi connectivity index (χ4v) is 6.89. The van der Waals surface area contributed by atoms with Crippen LogP contribution >= 0.6 is 0 Å². The molecular weight excluding hydrogens is 462 g/mol. The maximum absolute atomic E-state index is 14.1. The van der Waals surface area contributed by atoms with Crippen LogP contribution in [-0.2, 0) is 21.9 Å². The zero-order chi connectivity index (χ0) is 25.2. The first-order valence-electron chi connectivity index (χ1n) is 12.4. The topological polar surface area (TPSA) is 37.4 Å². The summed E-state index contributed by atoms with van der Waals surface area (Å²) in [7, 11) is -3.74. The van der Waals surface area contributed by atoms with Crippen LogP contribution in [0, 0.1) is 13.8 Å². The highest BCUT2D eigenvalue weighted by molar-refractivity contribution is 7.89. The van der Waals surface area contributed by atoms with E-state index in [2.05, 4.69) is 49.4 Å². The largest absolute Gasteiger partial charge is 0.269 e. The van der Waals surface area contributed by atoms with Crippen LogP contribution < -0.4 is 0 Å². The first-order chi connectivity index (χ1) is 17.4. The molecule has 182 valence electrons. The van der Waals surface area contributed by atoms with E-state index in [4.69, 9.17) is 0 Å². The molecule has 1 aliphatic rings. The molecule has 0 aliphatic carbocycles. The normalized spacial score (nSPS) is 16.4. The van der Waals surface area contributed by atoms with Gasteiger partial charge in [0, 0.05) is 12.2 Å². The van der Waals surface area contributed by atoms with E-state index in [0.29, 0.717) is 24.3 Å². The van der Waals surface area contributed by atoms with E-state index in [1.807, 2.05) is 67.6 Å². The standard InChI is InChI=1S/C32H31NO2S/c1-25-17-20-30(21-18-25)36(34,35)33-24-23-32(28-13-5-3-6-14-28,29-15-7-4-8-16-29)31(33)22-19-27-12-10-9-11-26(27)2/h3-18,20-22H,19,23-24H2,1-2H3/b31-22+. The van der Waals surface area contributed by atoms with Gasteiger partial charge in [0.15, 0.2) is 0 Å². The van der Waals surface area contributed by atoms with Crippen LogP contribution in [0.25, 0.3) is 0 Å². The Hall–Kier alpha value is -3.63. The maximum Gasteiger partial charge on any atom is 0.264 e. The molecule has 1 aliphatic heterocycles. The van der Waals surface area contributed by atoms with E-state index < -0.39 is 15.4 Å². The summed E-state index contributed by atoms with van der Waals surface area (Å²) in [4.78, 5) is 0.326. The highest BCUT2D eigenvalue weighted by Gasteiger charge is 2.49. The summed E-state index contributed by atoms with van der Waals surface area (Å²) in [5.41, 5.74) is 5.90. The molecule has 0 saturated carbocycles. The van der Waals surface area contributed by atoms with Crippen molar-refractivity contribution in [2.75, 3.05) is 6.54 Å². The predicted molar refractivity (Wildman–Crippen MR) is 146 cm³/mol. The molecule has 3 nitrogen and oxygen atoms in total. The second-order valence-electron chi connectivity index (χ2n) is 9.50. The molecule has 4 heteroatoms. The fraction of sp³-hybridized carbons (Fsp3) is 0.188. The third kappa shape index (κ3) is 4.27. The van der Waals surface area contributed by atoms with Crippen molar-refractivity contribution < 1.29 is 8.42 Å². The van der Waals surface area contributed by atoms with Gasteiger partial charge in [-0.1, -0.05) is 109 Å². The Bertz CT molecular complexity index is 1430. The minimum Gasteiger partial charge on any atom is -0.269 e. The van der Waals surface area contributed by atoms with Crippen molar-refractivity contribution in [3.8, 4) is 0 Å². The van der Waals surface area contributed by atoms with Gasteiger partial charge >= 0.3 is 0 Å². The molecule has 0 aromatic heterocycles. The van der Waals surface area contributed by atoms with Crippen LogP contribution in [0.5, 0.6) is 0 Å². The molecule has 0 amide bonds. The first kappa shape index (κ1) is 24.1. The van der Waals surface area contributed by atoms with Crippen molar-refractivity contribution in [1.82, 2.24) is 4.31 Å². The number of nitrogens with zero attached hydrogens (tertiary/aromatic N) is 1. The molecule has 1 saturated heterocycles. The Morgan fingerprint density at radius 3 is 1.89 bits per heavy atom. The van der Waals surface area contributed by atoms with Crippen molar-refractivity contribution in [3.63, 3.8) is 0 Å². The average molecular weight is 494 g/mol. The molecule has 36 heavy (non-hydrogen) atoms. The van der Waals surface area contributed by atoms with Gasteiger partial charge in [-0.3, -0.25) is 4.31 Å². The molecule has 5 rings (SSSR count). The van der Waals surface area contributed by atoms with Gasteiger partial charge in [0.2, 0.25) is 0 Å². The zero-order valence-corrected chi connectivity index (χ0v) is 21.6. The Labute approximate surface area is 214 Å². The van der Waals surface area contributed by atoms with Gasteiger partial charge < -0.3 is 0 Å². The maximum atomic E-state index is 14.1.